The van der Waals surface area contributed by atoms with Crippen LogP contribution >= 0.6 is 0 Å². The first kappa shape index (κ1) is 14.4. The Morgan fingerprint density at radius 1 is 1.23 bits per heavy atom. The summed E-state index contributed by atoms with van der Waals surface area (Å²) in [4.78, 5) is 12.9. The van der Waals surface area contributed by atoms with Crippen molar-refractivity contribution in [2.75, 3.05) is 11.4 Å². The molecule has 0 atom stereocenters. The van der Waals surface area contributed by atoms with Gasteiger partial charge in [0.25, 0.3) is 0 Å². The third kappa shape index (κ3) is 2.20. The number of aromatic nitrogens is 2. The zero-order chi connectivity index (χ0) is 16.1. The molecule has 0 fully saturated rings. The third-order valence-electron chi connectivity index (χ3n) is 3.54. The first-order chi connectivity index (χ1) is 10.3. The Labute approximate surface area is 123 Å². The second-order valence-corrected chi connectivity index (χ2v) is 5.06. The first-order valence-corrected chi connectivity index (χ1v) is 6.54. The molecule has 116 valence electrons. The molecule has 0 aliphatic carbocycles. The Morgan fingerprint density at radius 2 is 1.86 bits per heavy atom. The van der Waals surface area contributed by atoms with Gasteiger partial charge in [-0.25, -0.2) is 9.48 Å². The first-order valence-electron chi connectivity index (χ1n) is 6.54. The van der Waals surface area contributed by atoms with Gasteiger partial charge in [-0.3, -0.25) is 0 Å². The number of halogens is 3. The molecule has 0 saturated carbocycles. The van der Waals surface area contributed by atoms with Gasteiger partial charge < -0.3 is 10.0 Å². The highest BCUT2D eigenvalue weighted by molar-refractivity contribution is 5.96. The highest BCUT2D eigenvalue weighted by atomic mass is 19.4. The number of alkyl halides is 3. The fourth-order valence-corrected chi connectivity index (χ4v) is 2.56. The van der Waals surface area contributed by atoms with Crippen molar-refractivity contribution >= 4 is 17.5 Å². The number of anilines is 2. The summed E-state index contributed by atoms with van der Waals surface area (Å²) in [7, 11) is 0. The molecule has 0 unspecified atom stereocenters. The van der Waals surface area contributed by atoms with E-state index in [-0.39, 0.29) is 12.4 Å². The number of fused-ring (bicyclic) bond motifs is 1. The standard InChI is InChI=1S/C14H12F3N3O2/c1-8-2-4-9(5-3-8)19-6-7-20-12(19)10(13(21)22)11(18-20)14(15,16)17/h2-5H,6-7H2,1H3,(H,21,22). The van der Waals surface area contributed by atoms with Crippen LogP contribution in [0.15, 0.2) is 24.3 Å². The van der Waals surface area contributed by atoms with Crippen LogP contribution in [-0.2, 0) is 12.7 Å². The summed E-state index contributed by atoms with van der Waals surface area (Å²) in [5.41, 5.74) is -0.510. The van der Waals surface area contributed by atoms with Crippen molar-refractivity contribution in [3.05, 3.63) is 41.1 Å². The molecule has 0 spiro atoms. The number of nitrogens with zero attached hydrogens (tertiary/aromatic N) is 3. The fourth-order valence-electron chi connectivity index (χ4n) is 2.56. The average Bonchev–Trinajstić information content (AvgIpc) is 2.97. The van der Waals surface area contributed by atoms with E-state index in [2.05, 4.69) is 5.10 Å². The smallest absolute Gasteiger partial charge is 0.436 e. The summed E-state index contributed by atoms with van der Waals surface area (Å²) in [6.07, 6.45) is -4.80. The Kier molecular flexibility index (Phi) is 3.12. The lowest BCUT2D eigenvalue weighted by Crippen LogP contribution is -2.19. The van der Waals surface area contributed by atoms with E-state index >= 15 is 0 Å². The normalized spacial score (nSPS) is 14.3. The van der Waals surface area contributed by atoms with E-state index in [0.29, 0.717) is 12.2 Å². The highest BCUT2D eigenvalue weighted by Gasteiger charge is 2.44. The summed E-state index contributed by atoms with van der Waals surface area (Å²) in [5, 5.41) is 12.7. The molecule has 1 aromatic heterocycles. The van der Waals surface area contributed by atoms with Gasteiger partial charge in [0.1, 0.15) is 11.4 Å². The van der Waals surface area contributed by atoms with Gasteiger partial charge in [-0.05, 0) is 19.1 Å². The maximum absolute atomic E-state index is 13.0. The minimum Gasteiger partial charge on any atom is -0.477 e. The molecule has 22 heavy (non-hydrogen) atoms. The van der Waals surface area contributed by atoms with Crippen LogP contribution < -0.4 is 4.90 Å². The van der Waals surface area contributed by atoms with E-state index in [4.69, 9.17) is 0 Å². The molecule has 1 N–H and O–H groups in total. The van der Waals surface area contributed by atoms with Gasteiger partial charge in [0.2, 0.25) is 0 Å². The van der Waals surface area contributed by atoms with Gasteiger partial charge in [0, 0.05) is 12.2 Å². The summed E-state index contributed by atoms with van der Waals surface area (Å²) in [5.74, 6) is -1.66. The van der Waals surface area contributed by atoms with Crippen molar-refractivity contribution in [2.45, 2.75) is 19.6 Å². The fraction of sp³-hybridized carbons (Fsp3) is 0.286. The van der Waals surface area contributed by atoms with Crippen molar-refractivity contribution in [3.8, 4) is 0 Å². The lowest BCUT2D eigenvalue weighted by atomic mass is 10.2. The molecule has 0 amide bonds. The SMILES string of the molecule is Cc1ccc(N2CCn3nc(C(F)(F)F)c(C(=O)O)c32)cc1. The molecule has 1 aromatic carbocycles. The van der Waals surface area contributed by atoms with E-state index in [1.54, 1.807) is 17.0 Å². The minimum absolute atomic E-state index is 0.0244. The molecule has 2 aromatic rings. The molecule has 1 aliphatic rings. The van der Waals surface area contributed by atoms with E-state index in [1.807, 2.05) is 19.1 Å². The molecule has 2 heterocycles. The van der Waals surface area contributed by atoms with Gasteiger partial charge >= 0.3 is 12.1 Å². The maximum Gasteiger partial charge on any atom is 0.436 e. The monoisotopic (exact) mass is 311 g/mol. The summed E-state index contributed by atoms with van der Waals surface area (Å²) < 4.78 is 40.1. The topological polar surface area (TPSA) is 58.4 Å². The van der Waals surface area contributed by atoms with Crippen molar-refractivity contribution in [3.63, 3.8) is 0 Å². The minimum atomic E-state index is -4.80. The Hall–Kier alpha value is -2.51. The quantitative estimate of drug-likeness (QED) is 0.926. The molecular formula is C14H12F3N3O2. The van der Waals surface area contributed by atoms with Crippen LogP contribution in [-0.4, -0.2) is 27.4 Å². The van der Waals surface area contributed by atoms with Crippen LogP contribution in [0.5, 0.6) is 0 Å². The van der Waals surface area contributed by atoms with Crippen LogP contribution in [0.4, 0.5) is 24.7 Å². The molecule has 3 rings (SSSR count). The van der Waals surface area contributed by atoms with E-state index in [0.717, 1.165) is 10.2 Å². The average molecular weight is 311 g/mol. The third-order valence-corrected chi connectivity index (χ3v) is 3.54. The van der Waals surface area contributed by atoms with Gasteiger partial charge in [-0.2, -0.15) is 18.3 Å². The van der Waals surface area contributed by atoms with Crippen molar-refractivity contribution in [1.82, 2.24) is 9.78 Å². The van der Waals surface area contributed by atoms with Crippen LogP contribution in [0.2, 0.25) is 0 Å². The number of carboxylic acid groups (broad SMARTS) is 1. The highest BCUT2D eigenvalue weighted by Crippen LogP contribution is 2.40. The largest absolute Gasteiger partial charge is 0.477 e. The number of hydrogen-bond acceptors (Lipinski definition) is 3. The van der Waals surface area contributed by atoms with Crippen molar-refractivity contribution in [2.24, 2.45) is 0 Å². The number of carbonyl (C=O) groups is 1. The lowest BCUT2D eigenvalue weighted by molar-refractivity contribution is -0.142. The molecule has 0 bridgehead atoms. The van der Waals surface area contributed by atoms with E-state index < -0.39 is 23.4 Å². The molecular weight excluding hydrogens is 299 g/mol. The number of carboxylic acids is 1. The molecule has 1 aliphatic heterocycles. The van der Waals surface area contributed by atoms with Crippen LogP contribution in [0.25, 0.3) is 0 Å². The van der Waals surface area contributed by atoms with Crippen molar-refractivity contribution in [1.29, 1.82) is 0 Å². The summed E-state index contributed by atoms with van der Waals surface area (Å²) in [6, 6.07) is 7.13. The molecule has 0 radical (unpaired) electrons. The Bertz CT molecular complexity index is 735. The second-order valence-electron chi connectivity index (χ2n) is 5.06. The Morgan fingerprint density at radius 3 is 2.41 bits per heavy atom. The van der Waals surface area contributed by atoms with E-state index in [1.165, 1.54) is 0 Å². The van der Waals surface area contributed by atoms with Crippen LogP contribution in [0, 0.1) is 6.92 Å². The Balaban J connectivity index is 2.15. The van der Waals surface area contributed by atoms with Gasteiger partial charge in [-0.1, -0.05) is 17.7 Å². The predicted molar refractivity (Wildman–Crippen MR) is 72.4 cm³/mol. The summed E-state index contributed by atoms with van der Waals surface area (Å²) >= 11 is 0. The van der Waals surface area contributed by atoms with Crippen LogP contribution in [0.1, 0.15) is 21.6 Å². The number of aromatic carboxylic acids is 1. The van der Waals surface area contributed by atoms with Gasteiger partial charge in [-0.15, -0.1) is 0 Å². The lowest BCUT2D eigenvalue weighted by Gasteiger charge is -2.18. The zero-order valence-corrected chi connectivity index (χ0v) is 11.6. The molecule has 0 saturated heterocycles. The maximum atomic E-state index is 13.0. The summed E-state index contributed by atoms with van der Waals surface area (Å²) in [6.45, 7) is 2.48. The number of rotatable bonds is 2. The van der Waals surface area contributed by atoms with Gasteiger partial charge in [0.15, 0.2) is 5.69 Å². The van der Waals surface area contributed by atoms with Crippen LogP contribution in [0.3, 0.4) is 0 Å². The van der Waals surface area contributed by atoms with E-state index in [9.17, 15) is 23.1 Å². The molecule has 8 heteroatoms. The molecule has 5 nitrogen and oxygen atoms in total. The second kappa shape index (κ2) is 4.75. The number of aryl methyl sites for hydroxylation is 1. The van der Waals surface area contributed by atoms with Gasteiger partial charge in [0.05, 0.1) is 6.54 Å². The predicted octanol–water partition coefficient (Wildman–Crippen LogP) is 3.06. The number of benzene rings is 1. The number of hydrogen-bond donors (Lipinski definition) is 1. The zero-order valence-electron chi connectivity index (χ0n) is 11.6. The van der Waals surface area contributed by atoms with Crippen molar-refractivity contribution < 1.29 is 23.1 Å².